The van der Waals surface area contributed by atoms with Gasteiger partial charge in [0.2, 0.25) is 0 Å². The molecule has 0 spiro atoms. The van der Waals surface area contributed by atoms with Gasteiger partial charge in [0.25, 0.3) is 0 Å². The average molecular weight is 369 g/mol. The van der Waals surface area contributed by atoms with Crippen molar-refractivity contribution in [3.63, 3.8) is 0 Å². The summed E-state index contributed by atoms with van der Waals surface area (Å²) in [6.45, 7) is 2.98. The number of halogens is 2. The van der Waals surface area contributed by atoms with Crippen LogP contribution in [-0.4, -0.2) is 19.1 Å². The van der Waals surface area contributed by atoms with E-state index < -0.39 is 0 Å². The molecule has 2 rings (SSSR count). The van der Waals surface area contributed by atoms with Gasteiger partial charge in [-0.05, 0) is 49.9 Å². The molecule has 0 fully saturated rings. The van der Waals surface area contributed by atoms with E-state index in [2.05, 4.69) is 46.9 Å². The minimum absolute atomic E-state index is 0.271. The van der Waals surface area contributed by atoms with E-state index in [0.717, 1.165) is 27.4 Å². The number of ether oxygens (including phenoxy) is 1. The molecule has 0 aliphatic carbocycles. The first-order chi connectivity index (χ1) is 10.0. The van der Waals surface area contributed by atoms with Gasteiger partial charge >= 0.3 is 0 Å². The second-order valence-corrected chi connectivity index (χ2v) is 6.45. The summed E-state index contributed by atoms with van der Waals surface area (Å²) in [6, 6.07) is 14.3. The third kappa shape index (κ3) is 4.22. The Balaban J connectivity index is 2.17. The van der Waals surface area contributed by atoms with Gasteiger partial charge in [-0.15, -0.1) is 0 Å². The minimum atomic E-state index is 0.271. The number of rotatable bonds is 5. The third-order valence-corrected chi connectivity index (χ3v) is 4.38. The Morgan fingerprint density at radius 2 is 2.00 bits per heavy atom. The van der Waals surface area contributed by atoms with Crippen LogP contribution in [0.3, 0.4) is 0 Å². The Bertz CT molecular complexity index is 617. The maximum absolute atomic E-state index is 6.08. The standard InChI is InChI=1S/C17H19BrClNO/c1-12(13-5-4-6-16(19)10-13)20(2)11-14-9-15(18)7-8-17(14)21-3/h4-10,12H,11H2,1-3H3. The van der Waals surface area contributed by atoms with E-state index in [0.29, 0.717) is 0 Å². The van der Waals surface area contributed by atoms with Crippen LogP contribution in [0, 0.1) is 0 Å². The fourth-order valence-corrected chi connectivity index (χ4v) is 2.90. The lowest BCUT2D eigenvalue weighted by molar-refractivity contribution is 0.249. The molecule has 0 aliphatic rings. The van der Waals surface area contributed by atoms with Crippen molar-refractivity contribution in [2.75, 3.05) is 14.2 Å². The van der Waals surface area contributed by atoms with Crippen molar-refractivity contribution in [2.45, 2.75) is 19.5 Å². The zero-order valence-electron chi connectivity index (χ0n) is 12.4. The van der Waals surface area contributed by atoms with Gasteiger partial charge in [-0.25, -0.2) is 0 Å². The Hall–Kier alpha value is -1.03. The van der Waals surface area contributed by atoms with Gasteiger partial charge in [0.15, 0.2) is 0 Å². The number of nitrogens with zero attached hydrogens (tertiary/aromatic N) is 1. The van der Waals surface area contributed by atoms with E-state index in [-0.39, 0.29) is 6.04 Å². The van der Waals surface area contributed by atoms with Crippen molar-refractivity contribution in [2.24, 2.45) is 0 Å². The molecular weight excluding hydrogens is 350 g/mol. The monoisotopic (exact) mass is 367 g/mol. The topological polar surface area (TPSA) is 12.5 Å². The number of hydrogen-bond acceptors (Lipinski definition) is 2. The van der Waals surface area contributed by atoms with E-state index >= 15 is 0 Å². The van der Waals surface area contributed by atoms with Gasteiger partial charge in [0.1, 0.15) is 5.75 Å². The number of methoxy groups -OCH3 is 1. The van der Waals surface area contributed by atoms with Crippen LogP contribution in [0.2, 0.25) is 5.02 Å². The first-order valence-electron chi connectivity index (χ1n) is 6.79. The molecule has 0 N–H and O–H groups in total. The minimum Gasteiger partial charge on any atom is -0.496 e. The van der Waals surface area contributed by atoms with Crippen molar-refractivity contribution >= 4 is 27.5 Å². The maximum atomic E-state index is 6.08. The lowest BCUT2D eigenvalue weighted by Crippen LogP contribution is -2.22. The molecule has 0 amide bonds. The van der Waals surface area contributed by atoms with Crippen LogP contribution in [0.5, 0.6) is 5.75 Å². The largest absolute Gasteiger partial charge is 0.496 e. The SMILES string of the molecule is COc1ccc(Br)cc1CN(C)C(C)c1cccc(Cl)c1. The van der Waals surface area contributed by atoms with E-state index in [9.17, 15) is 0 Å². The molecule has 2 aromatic rings. The van der Waals surface area contributed by atoms with Crippen LogP contribution in [-0.2, 0) is 6.54 Å². The van der Waals surface area contributed by atoms with Crippen LogP contribution in [0.4, 0.5) is 0 Å². The lowest BCUT2D eigenvalue weighted by atomic mass is 10.1. The van der Waals surface area contributed by atoms with Gasteiger partial charge in [-0.3, -0.25) is 4.90 Å². The summed E-state index contributed by atoms with van der Waals surface area (Å²) < 4.78 is 6.49. The van der Waals surface area contributed by atoms with Gasteiger partial charge < -0.3 is 4.74 Å². The summed E-state index contributed by atoms with van der Waals surface area (Å²) >= 11 is 9.59. The molecule has 0 bridgehead atoms. The van der Waals surface area contributed by atoms with Crippen LogP contribution in [0.1, 0.15) is 24.1 Å². The predicted molar refractivity (Wildman–Crippen MR) is 92.0 cm³/mol. The molecule has 1 atom stereocenters. The van der Waals surface area contributed by atoms with Crippen molar-refractivity contribution in [3.8, 4) is 5.75 Å². The van der Waals surface area contributed by atoms with E-state index in [1.54, 1.807) is 7.11 Å². The fraction of sp³-hybridized carbons (Fsp3) is 0.294. The highest BCUT2D eigenvalue weighted by molar-refractivity contribution is 9.10. The van der Waals surface area contributed by atoms with Crippen LogP contribution in [0.25, 0.3) is 0 Å². The van der Waals surface area contributed by atoms with Crippen LogP contribution in [0.15, 0.2) is 46.9 Å². The molecule has 0 saturated heterocycles. The fourth-order valence-electron chi connectivity index (χ4n) is 2.30. The summed E-state index contributed by atoms with van der Waals surface area (Å²) in [5.74, 6) is 0.906. The van der Waals surface area contributed by atoms with Gasteiger partial charge in [-0.1, -0.05) is 39.7 Å². The Labute approximate surface area is 139 Å². The van der Waals surface area contributed by atoms with Gasteiger partial charge in [0, 0.05) is 27.6 Å². The van der Waals surface area contributed by atoms with Crippen molar-refractivity contribution in [1.82, 2.24) is 4.90 Å². The Morgan fingerprint density at radius 1 is 1.24 bits per heavy atom. The van der Waals surface area contributed by atoms with Crippen molar-refractivity contribution < 1.29 is 4.74 Å². The van der Waals surface area contributed by atoms with E-state index in [1.807, 2.05) is 30.3 Å². The summed E-state index contributed by atoms with van der Waals surface area (Å²) in [5.41, 5.74) is 2.36. The third-order valence-electron chi connectivity index (χ3n) is 3.65. The quantitative estimate of drug-likeness (QED) is 0.709. The normalized spacial score (nSPS) is 12.5. The molecule has 1 unspecified atom stereocenters. The maximum Gasteiger partial charge on any atom is 0.123 e. The van der Waals surface area contributed by atoms with Crippen LogP contribution < -0.4 is 4.74 Å². The molecule has 112 valence electrons. The molecule has 0 saturated carbocycles. The van der Waals surface area contributed by atoms with Crippen LogP contribution >= 0.6 is 27.5 Å². The number of hydrogen-bond donors (Lipinski definition) is 0. The summed E-state index contributed by atoms with van der Waals surface area (Å²) in [7, 11) is 3.80. The number of benzene rings is 2. The molecule has 0 aromatic heterocycles. The first kappa shape index (κ1) is 16.3. The molecular formula is C17H19BrClNO. The second-order valence-electron chi connectivity index (χ2n) is 5.10. The molecule has 2 nitrogen and oxygen atoms in total. The Kier molecular flexibility index (Phi) is 5.68. The highest BCUT2D eigenvalue weighted by Gasteiger charge is 2.14. The highest BCUT2D eigenvalue weighted by atomic mass is 79.9. The lowest BCUT2D eigenvalue weighted by Gasteiger charge is -2.26. The molecule has 21 heavy (non-hydrogen) atoms. The van der Waals surface area contributed by atoms with E-state index in [1.165, 1.54) is 5.56 Å². The molecule has 0 radical (unpaired) electrons. The summed E-state index contributed by atoms with van der Waals surface area (Å²) in [6.07, 6.45) is 0. The highest BCUT2D eigenvalue weighted by Crippen LogP contribution is 2.28. The smallest absolute Gasteiger partial charge is 0.123 e. The molecule has 2 aromatic carbocycles. The first-order valence-corrected chi connectivity index (χ1v) is 7.96. The average Bonchev–Trinajstić information content (AvgIpc) is 2.46. The summed E-state index contributed by atoms with van der Waals surface area (Å²) in [4.78, 5) is 2.27. The van der Waals surface area contributed by atoms with Gasteiger partial charge in [-0.2, -0.15) is 0 Å². The second kappa shape index (κ2) is 7.30. The van der Waals surface area contributed by atoms with Crippen molar-refractivity contribution in [3.05, 3.63) is 63.1 Å². The van der Waals surface area contributed by atoms with E-state index in [4.69, 9.17) is 16.3 Å². The molecule has 0 aliphatic heterocycles. The molecule has 4 heteroatoms. The molecule has 0 heterocycles. The Morgan fingerprint density at radius 3 is 2.67 bits per heavy atom. The predicted octanol–water partition coefficient (Wildman–Crippen LogP) is 5.30. The zero-order valence-corrected chi connectivity index (χ0v) is 14.8. The van der Waals surface area contributed by atoms with Gasteiger partial charge in [0.05, 0.1) is 7.11 Å². The summed E-state index contributed by atoms with van der Waals surface area (Å²) in [5, 5.41) is 0.771. The van der Waals surface area contributed by atoms with Crippen molar-refractivity contribution in [1.29, 1.82) is 0 Å². The zero-order chi connectivity index (χ0) is 15.4.